The second kappa shape index (κ2) is 7.70. The van der Waals surface area contributed by atoms with Crippen LogP contribution in [-0.4, -0.2) is 29.8 Å². The van der Waals surface area contributed by atoms with E-state index in [-0.39, 0.29) is 11.8 Å². The lowest BCUT2D eigenvalue weighted by Gasteiger charge is -2.37. The summed E-state index contributed by atoms with van der Waals surface area (Å²) in [6.07, 6.45) is 0.899. The van der Waals surface area contributed by atoms with E-state index in [1.54, 1.807) is 6.92 Å². The van der Waals surface area contributed by atoms with Crippen LogP contribution in [0.2, 0.25) is 0 Å². The van der Waals surface area contributed by atoms with Crippen molar-refractivity contribution in [2.24, 2.45) is 0 Å². The molecule has 4 heteroatoms. The highest BCUT2D eigenvalue weighted by Crippen LogP contribution is 2.50. The van der Waals surface area contributed by atoms with Crippen molar-refractivity contribution >= 4 is 17.4 Å². The van der Waals surface area contributed by atoms with E-state index in [0.717, 1.165) is 35.5 Å². The fourth-order valence-corrected chi connectivity index (χ4v) is 4.47. The number of esters is 1. The topological polar surface area (TPSA) is 46.6 Å². The molecule has 0 spiro atoms. The Balaban J connectivity index is 2.00. The van der Waals surface area contributed by atoms with E-state index in [2.05, 4.69) is 11.8 Å². The van der Waals surface area contributed by atoms with E-state index >= 15 is 0 Å². The quantitative estimate of drug-likeness (QED) is 0.682. The SMILES string of the molecule is CCCN1C(C)=C(C(=O)OCC)C(c2ccccc2)C2=C1c1ccccc1C2=O. The normalized spacial score (nSPS) is 18.1. The van der Waals surface area contributed by atoms with Gasteiger partial charge in [0.25, 0.3) is 0 Å². The van der Waals surface area contributed by atoms with Crippen molar-refractivity contribution < 1.29 is 14.3 Å². The summed E-state index contributed by atoms with van der Waals surface area (Å²) < 4.78 is 5.43. The number of allylic oxidation sites excluding steroid dienone is 2. The first-order valence-electron chi connectivity index (χ1n) is 10.2. The van der Waals surface area contributed by atoms with Crippen molar-refractivity contribution in [1.29, 1.82) is 0 Å². The Morgan fingerprint density at radius 2 is 1.66 bits per heavy atom. The lowest BCUT2D eigenvalue weighted by molar-refractivity contribution is -0.138. The number of hydrogen-bond donors (Lipinski definition) is 0. The van der Waals surface area contributed by atoms with Gasteiger partial charge in [-0.25, -0.2) is 4.79 Å². The fraction of sp³-hybridized carbons (Fsp3) is 0.280. The molecule has 2 aromatic rings. The average molecular weight is 387 g/mol. The first-order chi connectivity index (χ1) is 14.1. The smallest absolute Gasteiger partial charge is 0.336 e. The van der Waals surface area contributed by atoms with Crippen molar-refractivity contribution in [3.63, 3.8) is 0 Å². The van der Waals surface area contributed by atoms with Crippen molar-refractivity contribution in [3.05, 3.63) is 88.1 Å². The lowest BCUT2D eigenvalue weighted by atomic mass is 9.79. The van der Waals surface area contributed by atoms with Gasteiger partial charge in [0.05, 0.1) is 17.9 Å². The summed E-state index contributed by atoms with van der Waals surface area (Å²) in [6.45, 7) is 6.90. The van der Waals surface area contributed by atoms with Gasteiger partial charge in [-0.15, -0.1) is 0 Å². The maximum Gasteiger partial charge on any atom is 0.336 e. The van der Waals surface area contributed by atoms with Crippen LogP contribution in [0.5, 0.6) is 0 Å². The summed E-state index contributed by atoms with van der Waals surface area (Å²) >= 11 is 0. The highest BCUT2D eigenvalue weighted by Gasteiger charge is 2.45. The molecule has 0 aromatic heterocycles. The molecule has 0 saturated heterocycles. The monoisotopic (exact) mass is 387 g/mol. The van der Waals surface area contributed by atoms with Crippen LogP contribution in [-0.2, 0) is 9.53 Å². The second-order valence-electron chi connectivity index (χ2n) is 7.35. The Labute approximate surface area is 171 Å². The van der Waals surface area contributed by atoms with E-state index in [1.807, 2.05) is 61.5 Å². The molecule has 2 aliphatic rings. The van der Waals surface area contributed by atoms with Gasteiger partial charge in [0, 0.05) is 34.9 Å². The Morgan fingerprint density at radius 3 is 2.31 bits per heavy atom. The molecule has 0 bridgehead atoms. The van der Waals surface area contributed by atoms with Crippen LogP contribution in [0, 0.1) is 0 Å². The first kappa shape index (κ1) is 19.2. The number of carbonyl (C=O) groups excluding carboxylic acids is 2. The minimum atomic E-state index is -0.432. The van der Waals surface area contributed by atoms with Crippen LogP contribution >= 0.6 is 0 Å². The number of rotatable bonds is 5. The van der Waals surface area contributed by atoms with Crippen LogP contribution in [0.25, 0.3) is 5.70 Å². The Hall–Kier alpha value is -3.14. The van der Waals surface area contributed by atoms with Crippen LogP contribution in [0.4, 0.5) is 0 Å². The third-order valence-electron chi connectivity index (χ3n) is 5.64. The molecule has 29 heavy (non-hydrogen) atoms. The predicted molar refractivity (Wildman–Crippen MR) is 113 cm³/mol. The molecule has 4 rings (SSSR count). The summed E-state index contributed by atoms with van der Waals surface area (Å²) in [5.41, 5.74) is 5.63. The molecule has 1 atom stereocenters. The van der Waals surface area contributed by atoms with Crippen LogP contribution < -0.4 is 0 Å². The summed E-state index contributed by atoms with van der Waals surface area (Å²) in [6, 6.07) is 17.5. The molecule has 1 aliphatic heterocycles. The van der Waals surface area contributed by atoms with Crippen LogP contribution in [0.15, 0.2) is 71.4 Å². The maximum atomic E-state index is 13.5. The van der Waals surface area contributed by atoms with E-state index in [9.17, 15) is 9.59 Å². The molecule has 0 fully saturated rings. The second-order valence-corrected chi connectivity index (χ2v) is 7.35. The summed E-state index contributed by atoms with van der Waals surface area (Å²) in [5.74, 6) is -0.784. The maximum absolute atomic E-state index is 13.5. The van der Waals surface area contributed by atoms with Gasteiger partial charge < -0.3 is 9.64 Å². The van der Waals surface area contributed by atoms with Gasteiger partial charge in [-0.1, -0.05) is 61.5 Å². The van der Waals surface area contributed by atoms with Gasteiger partial charge in [0.2, 0.25) is 0 Å². The molecular weight excluding hydrogens is 362 g/mol. The largest absolute Gasteiger partial charge is 0.463 e. The molecule has 4 nitrogen and oxygen atoms in total. The molecule has 148 valence electrons. The van der Waals surface area contributed by atoms with Crippen molar-refractivity contribution in [2.75, 3.05) is 13.2 Å². The van der Waals surface area contributed by atoms with Gasteiger partial charge in [0.1, 0.15) is 0 Å². The molecule has 0 radical (unpaired) electrons. The van der Waals surface area contributed by atoms with Crippen molar-refractivity contribution in [3.8, 4) is 0 Å². The number of nitrogens with zero attached hydrogens (tertiary/aromatic N) is 1. The molecule has 1 aliphatic carbocycles. The van der Waals surface area contributed by atoms with E-state index in [4.69, 9.17) is 4.74 Å². The number of benzene rings is 2. The van der Waals surface area contributed by atoms with Crippen molar-refractivity contribution in [2.45, 2.75) is 33.1 Å². The number of ether oxygens (including phenoxy) is 1. The zero-order chi connectivity index (χ0) is 20.5. The Bertz CT molecular complexity index is 1030. The lowest BCUT2D eigenvalue weighted by Crippen LogP contribution is -2.33. The van der Waals surface area contributed by atoms with Gasteiger partial charge in [-0.3, -0.25) is 4.79 Å². The third-order valence-corrected chi connectivity index (χ3v) is 5.64. The van der Waals surface area contributed by atoms with Crippen LogP contribution in [0.1, 0.15) is 54.6 Å². The minimum absolute atomic E-state index is 0.000135. The third kappa shape index (κ3) is 3.00. The molecule has 1 heterocycles. The molecule has 0 N–H and O–H groups in total. The number of carbonyl (C=O) groups is 2. The zero-order valence-electron chi connectivity index (χ0n) is 17.1. The first-order valence-corrected chi connectivity index (χ1v) is 10.2. The molecule has 0 saturated carbocycles. The number of fused-ring (bicyclic) bond motifs is 2. The summed E-state index contributed by atoms with van der Waals surface area (Å²) in [4.78, 5) is 28.7. The summed E-state index contributed by atoms with van der Waals surface area (Å²) in [5, 5.41) is 0. The minimum Gasteiger partial charge on any atom is -0.463 e. The van der Waals surface area contributed by atoms with Gasteiger partial charge in [0.15, 0.2) is 5.78 Å². The fourth-order valence-electron chi connectivity index (χ4n) is 4.47. The Kier molecular flexibility index (Phi) is 5.10. The van der Waals surface area contributed by atoms with E-state index < -0.39 is 5.92 Å². The van der Waals surface area contributed by atoms with Crippen molar-refractivity contribution in [1.82, 2.24) is 4.90 Å². The van der Waals surface area contributed by atoms with Gasteiger partial charge >= 0.3 is 5.97 Å². The highest BCUT2D eigenvalue weighted by molar-refractivity contribution is 6.23. The molecule has 1 unspecified atom stereocenters. The average Bonchev–Trinajstić information content (AvgIpc) is 3.03. The molecule has 0 amide bonds. The van der Waals surface area contributed by atoms with Crippen LogP contribution in [0.3, 0.4) is 0 Å². The summed E-state index contributed by atoms with van der Waals surface area (Å²) in [7, 11) is 0. The highest BCUT2D eigenvalue weighted by atomic mass is 16.5. The number of ketones is 1. The standard InChI is InChI=1S/C25H25NO3/c1-4-15-26-16(3)20(25(28)29-5-2)21(17-11-7-6-8-12-17)22-23(26)18-13-9-10-14-19(18)24(22)27/h6-14,21H,4-5,15H2,1-3H3. The Morgan fingerprint density at radius 1 is 1.00 bits per heavy atom. The zero-order valence-corrected chi connectivity index (χ0v) is 17.1. The van der Waals surface area contributed by atoms with Gasteiger partial charge in [-0.2, -0.15) is 0 Å². The van der Waals surface area contributed by atoms with Gasteiger partial charge in [-0.05, 0) is 25.8 Å². The number of hydrogen-bond acceptors (Lipinski definition) is 4. The van der Waals surface area contributed by atoms with E-state index in [1.165, 1.54) is 0 Å². The molecule has 2 aromatic carbocycles. The predicted octanol–water partition coefficient (Wildman–Crippen LogP) is 4.94. The molecular formula is C25H25NO3. The van der Waals surface area contributed by atoms with E-state index in [0.29, 0.717) is 23.3 Å². The number of Topliss-reactive ketones (excluding diaryl/α,β-unsaturated/α-hetero) is 1.